The van der Waals surface area contributed by atoms with E-state index in [4.69, 9.17) is 0 Å². The van der Waals surface area contributed by atoms with Gasteiger partial charge < -0.3 is 10.2 Å². The number of fused-ring (bicyclic) bond motifs is 1. The van der Waals surface area contributed by atoms with Crippen LogP contribution in [0, 0.1) is 17.1 Å². The number of nitrogens with one attached hydrogen (secondary N) is 2. The Morgan fingerprint density at radius 2 is 1.65 bits per heavy atom. The predicted octanol–water partition coefficient (Wildman–Crippen LogP) is 5.70. The molecule has 10 heteroatoms. The van der Waals surface area contributed by atoms with Crippen LogP contribution in [0.2, 0.25) is 0 Å². The highest BCUT2D eigenvalue weighted by atomic mass is 32.2. The minimum absolute atomic E-state index is 0.0211. The molecule has 0 radical (unpaired) electrons. The Labute approximate surface area is 249 Å². The van der Waals surface area contributed by atoms with E-state index in [1.54, 1.807) is 93.6 Å². The number of nitrogens with zero attached hydrogens (tertiary/aromatic N) is 2. The molecule has 0 aromatic heterocycles. The average molecular weight is 597 g/mol. The van der Waals surface area contributed by atoms with Gasteiger partial charge in [-0.3, -0.25) is 9.59 Å². The molecule has 8 nitrogen and oxygen atoms in total. The second-order valence-electron chi connectivity index (χ2n) is 11.2. The molecule has 0 bridgehead atoms. The van der Waals surface area contributed by atoms with E-state index < -0.39 is 45.3 Å². The van der Waals surface area contributed by atoms with Gasteiger partial charge in [0.05, 0.1) is 16.5 Å². The number of halogens is 1. The number of hydrogen-bond donors (Lipinski definition) is 2. The van der Waals surface area contributed by atoms with Crippen LogP contribution in [0.1, 0.15) is 65.5 Å². The highest BCUT2D eigenvalue weighted by Gasteiger charge is 2.45. The van der Waals surface area contributed by atoms with Crippen LogP contribution in [0.5, 0.6) is 0 Å². The van der Waals surface area contributed by atoms with Gasteiger partial charge in [0.15, 0.2) is 0 Å². The minimum Gasteiger partial charge on any atom is -0.324 e. The van der Waals surface area contributed by atoms with Crippen LogP contribution in [-0.2, 0) is 14.8 Å². The zero-order chi connectivity index (χ0) is 30.9. The molecule has 0 saturated carbocycles. The zero-order valence-corrected chi connectivity index (χ0v) is 24.5. The molecule has 2 atom stereocenters. The van der Waals surface area contributed by atoms with Gasteiger partial charge in [0, 0.05) is 16.8 Å². The molecule has 2 N–H and O–H groups in total. The van der Waals surface area contributed by atoms with Crippen LogP contribution in [0.25, 0.3) is 0 Å². The summed E-state index contributed by atoms with van der Waals surface area (Å²) in [4.78, 5) is 29.6. The molecule has 0 spiro atoms. The summed E-state index contributed by atoms with van der Waals surface area (Å²) in [6.07, 6.45) is 0. The Morgan fingerprint density at radius 3 is 2.35 bits per heavy atom. The number of nitriles is 1. The molecule has 1 aliphatic heterocycles. The van der Waals surface area contributed by atoms with Crippen molar-refractivity contribution < 1.29 is 22.4 Å². The summed E-state index contributed by atoms with van der Waals surface area (Å²) in [5.41, 5.74) is 1.23. The SMILES string of the molecule is CC(C)(C)NS(=O)(=O)c1cccc(C2c3ccccc3C(=O)N2C(C(=O)Nc2ccc(F)c(C#N)c2)c2ccccc2)c1. The van der Waals surface area contributed by atoms with Crippen LogP contribution >= 0.6 is 0 Å². The fourth-order valence-electron chi connectivity index (χ4n) is 5.23. The Hall–Kier alpha value is -4.85. The Bertz CT molecular complexity index is 1860. The van der Waals surface area contributed by atoms with Crippen molar-refractivity contribution in [1.82, 2.24) is 9.62 Å². The zero-order valence-electron chi connectivity index (χ0n) is 23.7. The first-order valence-electron chi connectivity index (χ1n) is 13.5. The van der Waals surface area contributed by atoms with Gasteiger partial charge in [0.25, 0.3) is 11.8 Å². The molecular formula is C33H29FN4O4S. The number of benzene rings is 4. The molecule has 43 heavy (non-hydrogen) atoms. The molecule has 5 rings (SSSR count). The lowest BCUT2D eigenvalue weighted by Crippen LogP contribution is -2.41. The third kappa shape index (κ3) is 6.04. The van der Waals surface area contributed by atoms with Crippen LogP contribution < -0.4 is 10.0 Å². The number of hydrogen-bond acceptors (Lipinski definition) is 5. The first kappa shape index (κ1) is 29.6. The second-order valence-corrected chi connectivity index (χ2v) is 12.9. The third-order valence-corrected chi connectivity index (χ3v) is 8.67. The number of amides is 2. The quantitative estimate of drug-likeness (QED) is 0.284. The van der Waals surface area contributed by atoms with Crippen molar-refractivity contribution in [1.29, 1.82) is 5.26 Å². The normalized spacial score (nSPS) is 15.5. The fraction of sp³-hybridized carbons (Fsp3) is 0.182. The molecule has 2 unspecified atom stereocenters. The van der Waals surface area contributed by atoms with E-state index >= 15 is 0 Å². The molecule has 1 aliphatic rings. The maximum atomic E-state index is 14.1. The monoisotopic (exact) mass is 596 g/mol. The largest absolute Gasteiger partial charge is 0.324 e. The summed E-state index contributed by atoms with van der Waals surface area (Å²) in [6.45, 7) is 5.23. The highest BCUT2D eigenvalue weighted by molar-refractivity contribution is 7.89. The molecule has 2 amide bonds. The van der Waals surface area contributed by atoms with Crippen molar-refractivity contribution in [3.05, 3.63) is 131 Å². The van der Waals surface area contributed by atoms with Crippen molar-refractivity contribution in [2.24, 2.45) is 0 Å². The Balaban J connectivity index is 1.64. The van der Waals surface area contributed by atoms with Crippen LogP contribution in [0.3, 0.4) is 0 Å². The highest BCUT2D eigenvalue weighted by Crippen LogP contribution is 2.44. The molecule has 4 aromatic carbocycles. The van der Waals surface area contributed by atoms with E-state index in [1.165, 1.54) is 29.2 Å². The second kappa shape index (κ2) is 11.4. The Morgan fingerprint density at radius 1 is 0.953 bits per heavy atom. The average Bonchev–Trinajstić information content (AvgIpc) is 3.25. The number of carbonyl (C=O) groups is 2. The van der Waals surface area contributed by atoms with Crippen molar-refractivity contribution in [2.45, 2.75) is 43.3 Å². The van der Waals surface area contributed by atoms with E-state index in [-0.39, 0.29) is 16.1 Å². The van der Waals surface area contributed by atoms with Crippen molar-refractivity contribution in [3.63, 3.8) is 0 Å². The van der Waals surface area contributed by atoms with Crippen LogP contribution in [0.4, 0.5) is 10.1 Å². The maximum Gasteiger partial charge on any atom is 0.255 e. The summed E-state index contributed by atoms with van der Waals surface area (Å²) in [5, 5.41) is 12.0. The predicted molar refractivity (Wildman–Crippen MR) is 160 cm³/mol. The van der Waals surface area contributed by atoms with Gasteiger partial charge in [0.2, 0.25) is 10.0 Å². The van der Waals surface area contributed by atoms with Gasteiger partial charge in [-0.2, -0.15) is 5.26 Å². The van der Waals surface area contributed by atoms with Gasteiger partial charge in [0.1, 0.15) is 17.9 Å². The Kier molecular flexibility index (Phi) is 7.88. The lowest BCUT2D eigenvalue weighted by Gasteiger charge is -2.33. The van der Waals surface area contributed by atoms with E-state index in [2.05, 4.69) is 10.0 Å². The lowest BCUT2D eigenvalue weighted by molar-refractivity contribution is -0.121. The van der Waals surface area contributed by atoms with Crippen molar-refractivity contribution in [3.8, 4) is 6.07 Å². The fourth-order valence-corrected chi connectivity index (χ4v) is 6.70. The van der Waals surface area contributed by atoms with Crippen LogP contribution in [-0.4, -0.2) is 30.7 Å². The lowest BCUT2D eigenvalue weighted by atomic mass is 9.96. The first-order valence-corrected chi connectivity index (χ1v) is 15.0. The van der Waals surface area contributed by atoms with E-state index in [0.717, 1.165) is 6.07 Å². The van der Waals surface area contributed by atoms with Gasteiger partial charge in [-0.25, -0.2) is 17.5 Å². The van der Waals surface area contributed by atoms with Gasteiger partial charge in [-0.1, -0.05) is 60.7 Å². The number of anilines is 1. The van der Waals surface area contributed by atoms with E-state index in [0.29, 0.717) is 22.3 Å². The molecule has 4 aromatic rings. The summed E-state index contributed by atoms with van der Waals surface area (Å²) < 4.78 is 43.1. The summed E-state index contributed by atoms with van der Waals surface area (Å²) in [7, 11) is -3.91. The number of sulfonamides is 1. The van der Waals surface area contributed by atoms with Gasteiger partial charge in [-0.15, -0.1) is 0 Å². The summed E-state index contributed by atoms with van der Waals surface area (Å²) in [6, 6.07) is 25.4. The topological polar surface area (TPSA) is 119 Å². The third-order valence-electron chi connectivity index (χ3n) is 6.92. The molecule has 0 fully saturated rings. The summed E-state index contributed by atoms with van der Waals surface area (Å²) in [5.74, 6) is -1.73. The smallest absolute Gasteiger partial charge is 0.255 e. The van der Waals surface area contributed by atoms with Gasteiger partial charge >= 0.3 is 0 Å². The molecular weight excluding hydrogens is 567 g/mol. The van der Waals surface area contributed by atoms with Crippen molar-refractivity contribution in [2.75, 3.05) is 5.32 Å². The molecule has 0 saturated heterocycles. The van der Waals surface area contributed by atoms with Crippen molar-refractivity contribution >= 4 is 27.5 Å². The molecule has 0 aliphatic carbocycles. The van der Waals surface area contributed by atoms with Crippen LogP contribution in [0.15, 0.2) is 102 Å². The maximum absolute atomic E-state index is 14.1. The number of carbonyl (C=O) groups excluding carboxylic acids is 2. The molecule has 218 valence electrons. The standard InChI is InChI=1S/C33H29FN4O4S/c1-33(2,3)37-43(41,42)25-13-9-12-22(19-25)29-26-14-7-8-15-27(26)32(40)38(29)30(21-10-5-4-6-11-21)31(39)36-24-16-17-28(34)23(18-24)20-35/h4-19,29-30,37H,1-3H3,(H,36,39). The van der Waals surface area contributed by atoms with Gasteiger partial charge in [-0.05, 0) is 73.9 Å². The molecule has 1 heterocycles. The minimum atomic E-state index is -3.91. The van der Waals surface area contributed by atoms with E-state index in [1.807, 2.05) is 0 Å². The first-order chi connectivity index (χ1) is 20.4. The van der Waals surface area contributed by atoms with E-state index in [9.17, 15) is 27.7 Å². The summed E-state index contributed by atoms with van der Waals surface area (Å²) >= 11 is 0. The number of rotatable bonds is 7.